The molecular formula is C13H11Cl2N3O. The molecule has 2 amide bonds. The first-order valence-corrected chi connectivity index (χ1v) is 6.26. The fraction of sp³-hybridized carbons (Fsp3) is 0.0769. The highest BCUT2D eigenvalue weighted by atomic mass is 35.5. The van der Waals surface area contributed by atoms with Crippen LogP contribution in [0.3, 0.4) is 0 Å². The Morgan fingerprint density at radius 1 is 1.16 bits per heavy atom. The molecule has 0 unspecified atom stereocenters. The van der Waals surface area contributed by atoms with Crippen molar-refractivity contribution in [1.29, 1.82) is 0 Å². The molecule has 1 heterocycles. The molecule has 0 atom stereocenters. The third-order valence-electron chi connectivity index (χ3n) is 2.33. The molecule has 0 fully saturated rings. The first-order chi connectivity index (χ1) is 9.04. The zero-order valence-electron chi connectivity index (χ0n) is 10.1. The maximum Gasteiger partial charge on any atom is 0.324 e. The van der Waals surface area contributed by atoms with Gasteiger partial charge in [0, 0.05) is 11.2 Å². The summed E-state index contributed by atoms with van der Waals surface area (Å²) in [7, 11) is 0. The maximum atomic E-state index is 11.8. The number of benzene rings is 1. The lowest BCUT2D eigenvalue weighted by Gasteiger charge is -2.09. The smallest absolute Gasteiger partial charge is 0.306 e. The monoisotopic (exact) mass is 295 g/mol. The summed E-state index contributed by atoms with van der Waals surface area (Å²) in [6.45, 7) is 1.92. The molecule has 0 saturated carbocycles. The number of hydrogen-bond acceptors (Lipinski definition) is 2. The van der Waals surface area contributed by atoms with E-state index in [0.717, 1.165) is 5.56 Å². The SMILES string of the molecule is Cc1ccc(NC(=O)Nc2cc(Cl)ccc2Cl)nc1. The Morgan fingerprint density at radius 2 is 1.95 bits per heavy atom. The molecule has 4 nitrogen and oxygen atoms in total. The minimum atomic E-state index is -0.430. The molecule has 0 spiro atoms. The van der Waals surface area contributed by atoms with E-state index >= 15 is 0 Å². The zero-order chi connectivity index (χ0) is 13.8. The van der Waals surface area contributed by atoms with Gasteiger partial charge in [-0.1, -0.05) is 29.3 Å². The molecule has 1 aromatic carbocycles. The lowest BCUT2D eigenvalue weighted by molar-refractivity contribution is 0.262. The summed E-state index contributed by atoms with van der Waals surface area (Å²) in [5.74, 6) is 0.459. The molecule has 2 N–H and O–H groups in total. The average molecular weight is 296 g/mol. The van der Waals surface area contributed by atoms with Gasteiger partial charge in [-0.3, -0.25) is 5.32 Å². The van der Waals surface area contributed by atoms with Gasteiger partial charge in [0.2, 0.25) is 0 Å². The summed E-state index contributed by atoms with van der Waals surface area (Å²) in [5, 5.41) is 6.12. The molecule has 1 aromatic heterocycles. The summed E-state index contributed by atoms with van der Waals surface area (Å²) in [6, 6.07) is 7.98. The van der Waals surface area contributed by atoms with Crippen LogP contribution in [0.25, 0.3) is 0 Å². The van der Waals surface area contributed by atoms with Crippen LogP contribution in [-0.2, 0) is 0 Å². The summed E-state index contributed by atoms with van der Waals surface area (Å²) in [5.41, 5.74) is 1.46. The molecule has 19 heavy (non-hydrogen) atoms. The Balaban J connectivity index is 2.05. The van der Waals surface area contributed by atoms with Crippen LogP contribution >= 0.6 is 23.2 Å². The minimum absolute atomic E-state index is 0.413. The van der Waals surface area contributed by atoms with Crippen LogP contribution < -0.4 is 10.6 Å². The number of carbonyl (C=O) groups is 1. The summed E-state index contributed by atoms with van der Waals surface area (Å²) in [4.78, 5) is 15.8. The van der Waals surface area contributed by atoms with Crippen LogP contribution in [0.15, 0.2) is 36.5 Å². The van der Waals surface area contributed by atoms with Crippen molar-refractivity contribution >= 4 is 40.7 Å². The minimum Gasteiger partial charge on any atom is -0.306 e. The van der Waals surface area contributed by atoms with Crippen molar-refractivity contribution < 1.29 is 4.79 Å². The van der Waals surface area contributed by atoms with E-state index in [1.807, 2.05) is 13.0 Å². The number of nitrogens with one attached hydrogen (secondary N) is 2. The average Bonchev–Trinajstić information content (AvgIpc) is 2.37. The predicted molar refractivity (Wildman–Crippen MR) is 78.1 cm³/mol. The standard InChI is InChI=1S/C13H11Cl2N3O/c1-8-2-5-12(16-7-8)18-13(19)17-11-6-9(14)3-4-10(11)15/h2-7H,1H3,(H2,16,17,18,19). The summed E-state index contributed by atoms with van der Waals surface area (Å²) >= 11 is 11.8. The molecule has 0 aliphatic rings. The van der Waals surface area contributed by atoms with Crippen LogP contribution in [0.2, 0.25) is 10.0 Å². The van der Waals surface area contributed by atoms with Crippen molar-refractivity contribution in [1.82, 2.24) is 4.98 Å². The maximum absolute atomic E-state index is 11.8. The van der Waals surface area contributed by atoms with E-state index in [1.165, 1.54) is 0 Å². The lowest BCUT2D eigenvalue weighted by atomic mass is 10.3. The van der Waals surface area contributed by atoms with Gasteiger partial charge in [-0.15, -0.1) is 0 Å². The van der Waals surface area contributed by atoms with Crippen molar-refractivity contribution in [2.45, 2.75) is 6.92 Å². The van der Waals surface area contributed by atoms with Crippen molar-refractivity contribution in [2.75, 3.05) is 10.6 Å². The van der Waals surface area contributed by atoms with Gasteiger partial charge in [0.05, 0.1) is 10.7 Å². The van der Waals surface area contributed by atoms with Gasteiger partial charge in [0.25, 0.3) is 0 Å². The lowest BCUT2D eigenvalue weighted by Crippen LogP contribution is -2.20. The zero-order valence-corrected chi connectivity index (χ0v) is 11.6. The second-order valence-corrected chi connectivity index (χ2v) is 4.77. The van der Waals surface area contributed by atoms with Crippen LogP contribution in [-0.4, -0.2) is 11.0 Å². The molecule has 0 saturated heterocycles. The van der Waals surface area contributed by atoms with E-state index in [4.69, 9.17) is 23.2 Å². The molecule has 98 valence electrons. The molecule has 0 aliphatic carbocycles. The van der Waals surface area contributed by atoms with Gasteiger partial charge in [-0.05, 0) is 36.8 Å². The number of pyridine rings is 1. The molecule has 0 radical (unpaired) electrons. The predicted octanol–water partition coefficient (Wildman–Crippen LogP) is 4.34. The Hall–Kier alpha value is -1.78. The molecular weight excluding hydrogens is 285 g/mol. The fourth-order valence-electron chi connectivity index (χ4n) is 1.40. The van der Waals surface area contributed by atoms with Crippen LogP contribution in [0.5, 0.6) is 0 Å². The number of amides is 2. The van der Waals surface area contributed by atoms with Crippen LogP contribution in [0.4, 0.5) is 16.3 Å². The Bertz CT molecular complexity index is 599. The van der Waals surface area contributed by atoms with Crippen LogP contribution in [0, 0.1) is 6.92 Å². The van der Waals surface area contributed by atoms with E-state index in [-0.39, 0.29) is 0 Å². The first-order valence-electron chi connectivity index (χ1n) is 5.50. The summed E-state index contributed by atoms with van der Waals surface area (Å²) < 4.78 is 0. The van der Waals surface area contributed by atoms with Crippen molar-refractivity contribution in [3.05, 3.63) is 52.1 Å². The highest BCUT2D eigenvalue weighted by molar-refractivity contribution is 6.35. The van der Waals surface area contributed by atoms with Crippen LogP contribution in [0.1, 0.15) is 5.56 Å². The largest absolute Gasteiger partial charge is 0.324 e. The van der Waals surface area contributed by atoms with Gasteiger partial charge in [0.15, 0.2) is 0 Å². The third kappa shape index (κ3) is 3.84. The molecule has 6 heteroatoms. The molecule has 0 bridgehead atoms. The quantitative estimate of drug-likeness (QED) is 0.866. The van der Waals surface area contributed by atoms with E-state index in [0.29, 0.717) is 21.6 Å². The highest BCUT2D eigenvalue weighted by Gasteiger charge is 2.07. The fourth-order valence-corrected chi connectivity index (χ4v) is 1.74. The van der Waals surface area contributed by atoms with E-state index in [1.54, 1.807) is 30.5 Å². The number of aromatic nitrogens is 1. The number of anilines is 2. The number of urea groups is 1. The molecule has 2 aromatic rings. The number of hydrogen-bond donors (Lipinski definition) is 2. The van der Waals surface area contributed by atoms with Crippen molar-refractivity contribution in [3.8, 4) is 0 Å². The second kappa shape index (κ2) is 5.91. The third-order valence-corrected chi connectivity index (χ3v) is 2.89. The van der Waals surface area contributed by atoms with Gasteiger partial charge in [-0.25, -0.2) is 9.78 Å². The summed E-state index contributed by atoms with van der Waals surface area (Å²) in [6.07, 6.45) is 1.67. The van der Waals surface area contributed by atoms with Gasteiger partial charge in [0.1, 0.15) is 5.82 Å². The first kappa shape index (κ1) is 13.6. The van der Waals surface area contributed by atoms with Gasteiger partial charge < -0.3 is 5.32 Å². The van der Waals surface area contributed by atoms with Crippen molar-refractivity contribution in [3.63, 3.8) is 0 Å². The van der Waals surface area contributed by atoms with Crippen molar-refractivity contribution in [2.24, 2.45) is 0 Å². The van der Waals surface area contributed by atoms with E-state index in [2.05, 4.69) is 15.6 Å². The Labute approximate surface area is 120 Å². The highest BCUT2D eigenvalue weighted by Crippen LogP contribution is 2.25. The molecule has 2 rings (SSSR count). The Morgan fingerprint density at radius 3 is 2.63 bits per heavy atom. The normalized spacial score (nSPS) is 10.1. The van der Waals surface area contributed by atoms with E-state index in [9.17, 15) is 4.79 Å². The number of nitrogens with zero attached hydrogens (tertiary/aromatic N) is 1. The number of halogens is 2. The van der Waals surface area contributed by atoms with Gasteiger partial charge >= 0.3 is 6.03 Å². The number of rotatable bonds is 2. The number of aryl methyl sites for hydroxylation is 1. The molecule has 0 aliphatic heterocycles. The topological polar surface area (TPSA) is 54.0 Å². The van der Waals surface area contributed by atoms with E-state index < -0.39 is 6.03 Å². The van der Waals surface area contributed by atoms with Gasteiger partial charge in [-0.2, -0.15) is 0 Å². The Kier molecular flexibility index (Phi) is 4.24. The second-order valence-electron chi connectivity index (χ2n) is 3.92. The number of carbonyl (C=O) groups excluding carboxylic acids is 1.